The molecule has 0 fully saturated rings. The molecule has 0 N–H and O–H groups in total. The van der Waals surface area contributed by atoms with Crippen molar-refractivity contribution >= 4 is 23.2 Å². The first-order valence-corrected chi connectivity index (χ1v) is 11.5. The lowest BCUT2D eigenvalue weighted by molar-refractivity contribution is -0.118. The minimum atomic E-state index is -0.207. The van der Waals surface area contributed by atoms with Gasteiger partial charge in [0.05, 0.1) is 12.8 Å². The van der Waals surface area contributed by atoms with Crippen molar-refractivity contribution in [1.82, 2.24) is 9.78 Å². The smallest absolute Gasteiger partial charge is 0.277 e. The maximum Gasteiger partial charge on any atom is 0.277 e. The van der Waals surface area contributed by atoms with E-state index in [0.29, 0.717) is 41.4 Å². The van der Waals surface area contributed by atoms with Crippen molar-refractivity contribution in [2.45, 2.75) is 46.0 Å². The Bertz CT molecular complexity index is 1230. The average molecular weight is 460 g/mol. The molecule has 1 amide bonds. The van der Waals surface area contributed by atoms with E-state index in [-0.39, 0.29) is 23.4 Å². The lowest BCUT2D eigenvalue weighted by atomic mass is 9.91. The molecule has 7 heteroatoms. The number of benzene rings is 2. The predicted octanol–water partition coefficient (Wildman–Crippen LogP) is 4.76. The van der Waals surface area contributed by atoms with E-state index < -0.39 is 0 Å². The minimum Gasteiger partial charge on any atom is -0.497 e. The lowest BCUT2D eigenvalue weighted by Gasteiger charge is -2.28. The fourth-order valence-electron chi connectivity index (χ4n) is 4.58. The molecule has 1 aliphatic heterocycles. The average Bonchev–Trinajstić information content (AvgIpc) is 3.24. The Balaban J connectivity index is 1.71. The number of Topliss-reactive ketones (excluding diaryl/α,β-unsaturated/α-hetero) is 2. The summed E-state index contributed by atoms with van der Waals surface area (Å²) < 4.78 is 6.79. The number of hydrogen-bond donors (Lipinski definition) is 0. The third kappa shape index (κ3) is 4.25. The van der Waals surface area contributed by atoms with Gasteiger partial charge in [0.25, 0.3) is 5.91 Å². The highest BCUT2D eigenvalue weighted by Gasteiger charge is 2.34. The van der Waals surface area contributed by atoms with Crippen LogP contribution in [-0.4, -0.2) is 40.9 Å². The van der Waals surface area contributed by atoms with Crippen molar-refractivity contribution in [2.75, 3.05) is 18.6 Å². The SMILES string of the molecule is CCCC(C(C)=O)c1ccc(N2CCc3c(C(C)=O)nn(-c4ccc(OC)cc4)c3C2=O)cc1. The highest BCUT2D eigenvalue weighted by molar-refractivity contribution is 6.09. The number of anilines is 1. The molecule has 4 rings (SSSR count). The van der Waals surface area contributed by atoms with Gasteiger partial charge in [-0.1, -0.05) is 25.5 Å². The third-order valence-corrected chi connectivity index (χ3v) is 6.34. The first kappa shape index (κ1) is 23.4. The Kier molecular flexibility index (Phi) is 6.63. The first-order chi connectivity index (χ1) is 16.3. The largest absolute Gasteiger partial charge is 0.497 e. The molecule has 0 saturated carbocycles. The molecule has 2 aromatic carbocycles. The number of nitrogens with zero attached hydrogens (tertiary/aromatic N) is 3. The molecule has 0 bridgehead atoms. The Morgan fingerprint density at radius 3 is 2.24 bits per heavy atom. The van der Waals surface area contributed by atoms with Crippen LogP contribution in [0.3, 0.4) is 0 Å². The number of rotatable bonds is 8. The number of amides is 1. The van der Waals surface area contributed by atoms with Crippen LogP contribution in [0, 0.1) is 0 Å². The summed E-state index contributed by atoms with van der Waals surface area (Å²) in [6.07, 6.45) is 2.25. The van der Waals surface area contributed by atoms with Crippen LogP contribution in [0.25, 0.3) is 5.69 Å². The van der Waals surface area contributed by atoms with E-state index in [9.17, 15) is 14.4 Å². The molecule has 1 aromatic heterocycles. The van der Waals surface area contributed by atoms with Gasteiger partial charge in [-0.15, -0.1) is 0 Å². The Morgan fingerprint density at radius 2 is 1.68 bits per heavy atom. The lowest BCUT2D eigenvalue weighted by Crippen LogP contribution is -2.39. The molecule has 34 heavy (non-hydrogen) atoms. The third-order valence-electron chi connectivity index (χ3n) is 6.34. The molecule has 0 radical (unpaired) electrons. The molecule has 1 atom stereocenters. The summed E-state index contributed by atoms with van der Waals surface area (Å²) in [5.41, 5.74) is 3.81. The molecule has 176 valence electrons. The Hall–Kier alpha value is -3.74. The van der Waals surface area contributed by atoms with Crippen molar-refractivity contribution < 1.29 is 19.1 Å². The molecule has 2 heterocycles. The van der Waals surface area contributed by atoms with Crippen LogP contribution < -0.4 is 9.64 Å². The predicted molar refractivity (Wildman–Crippen MR) is 130 cm³/mol. The van der Waals surface area contributed by atoms with Gasteiger partial charge in [-0.3, -0.25) is 14.4 Å². The van der Waals surface area contributed by atoms with Gasteiger partial charge < -0.3 is 9.64 Å². The normalized spacial score (nSPS) is 14.0. The molecule has 0 saturated heterocycles. The van der Waals surface area contributed by atoms with Crippen LogP contribution in [-0.2, 0) is 11.2 Å². The molecule has 3 aromatic rings. The Morgan fingerprint density at radius 1 is 1.03 bits per heavy atom. The fraction of sp³-hybridized carbons (Fsp3) is 0.333. The highest BCUT2D eigenvalue weighted by Crippen LogP contribution is 2.31. The summed E-state index contributed by atoms with van der Waals surface area (Å²) >= 11 is 0. The van der Waals surface area contributed by atoms with Gasteiger partial charge in [-0.05, 0) is 61.7 Å². The number of ether oxygens (including phenoxy) is 1. The van der Waals surface area contributed by atoms with Crippen LogP contribution in [0.4, 0.5) is 5.69 Å². The summed E-state index contributed by atoms with van der Waals surface area (Å²) in [4.78, 5) is 39.7. The number of ketones is 2. The fourth-order valence-corrected chi connectivity index (χ4v) is 4.58. The molecular formula is C27H29N3O4. The number of carbonyl (C=O) groups is 3. The van der Waals surface area contributed by atoms with Crippen LogP contribution >= 0.6 is 0 Å². The van der Waals surface area contributed by atoms with E-state index in [1.54, 1.807) is 35.7 Å². The molecule has 0 spiro atoms. The van der Waals surface area contributed by atoms with Gasteiger partial charge in [0.1, 0.15) is 22.9 Å². The molecular weight excluding hydrogens is 430 g/mol. The number of hydrogen-bond acceptors (Lipinski definition) is 5. The van der Waals surface area contributed by atoms with Crippen LogP contribution in [0.1, 0.15) is 71.6 Å². The van der Waals surface area contributed by atoms with Gasteiger partial charge in [0.15, 0.2) is 5.78 Å². The van der Waals surface area contributed by atoms with Crippen molar-refractivity contribution in [3.8, 4) is 11.4 Å². The van der Waals surface area contributed by atoms with E-state index in [0.717, 1.165) is 24.1 Å². The topological polar surface area (TPSA) is 81.5 Å². The summed E-state index contributed by atoms with van der Waals surface area (Å²) in [5.74, 6) is 0.337. The second-order valence-corrected chi connectivity index (χ2v) is 8.59. The highest BCUT2D eigenvalue weighted by atomic mass is 16.5. The van der Waals surface area contributed by atoms with Gasteiger partial charge >= 0.3 is 0 Å². The van der Waals surface area contributed by atoms with E-state index in [1.165, 1.54) is 6.92 Å². The summed E-state index contributed by atoms with van der Waals surface area (Å²) in [5, 5.41) is 4.51. The van der Waals surface area contributed by atoms with Gasteiger partial charge in [-0.2, -0.15) is 5.10 Å². The van der Waals surface area contributed by atoms with Crippen LogP contribution in [0.15, 0.2) is 48.5 Å². The zero-order valence-corrected chi connectivity index (χ0v) is 20.0. The van der Waals surface area contributed by atoms with Crippen molar-refractivity contribution in [1.29, 1.82) is 0 Å². The minimum absolute atomic E-state index is 0.127. The standard InChI is InChI=1S/C27H29N3O4/c1-5-6-23(17(2)31)19-7-9-20(10-8-19)29-16-15-24-25(18(3)32)28-30(26(24)27(29)33)21-11-13-22(34-4)14-12-21/h7-14,23H,5-6,15-16H2,1-4H3. The van der Waals surface area contributed by atoms with Crippen molar-refractivity contribution in [2.24, 2.45) is 0 Å². The van der Waals surface area contributed by atoms with E-state index in [2.05, 4.69) is 12.0 Å². The summed E-state index contributed by atoms with van der Waals surface area (Å²) in [6, 6.07) is 14.9. The monoisotopic (exact) mass is 459 g/mol. The number of fused-ring (bicyclic) bond motifs is 1. The zero-order chi connectivity index (χ0) is 24.4. The van der Waals surface area contributed by atoms with Crippen LogP contribution in [0.2, 0.25) is 0 Å². The Labute approximate surface area is 199 Å². The molecule has 0 aliphatic carbocycles. The maximum absolute atomic E-state index is 13.7. The van der Waals surface area contributed by atoms with E-state index in [4.69, 9.17) is 4.74 Å². The van der Waals surface area contributed by atoms with Gasteiger partial charge in [0, 0.05) is 30.6 Å². The summed E-state index contributed by atoms with van der Waals surface area (Å²) in [7, 11) is 1.59. The van der Waals surface area contributed by atoms with E-state index >= 15 is 0 Å². The van der Waals surface area contributed by atoms with Crippen LogP contribution in [0.5, 0.6) is 5.75 Å². The van der Waals surface area contributed by atoms with Crippen molar-refractivity contribution in [3.63, 3.8) is 0 Å². The van der Waals surface area contributed by atoms with Crippen molar-refractivity contribution in [3.05, 3.63) is 71.0 Å². The number of methoxy groups -OCH3 is 1. The number of aromatic nitrogens is 2. The quantitative estimate of drug-likeness (QED) is 0.454. The van der Waals surface area contributed by atoms with E-state index in [1.807, 2.05) is 36.4 Å². The maximum atomic E-state index is 13.7. The molecule has 7 nitrogen and oxygen atoms in total. The first-order valence-electron chi connectivity index (χ1n) is 11.5. The van der Waals surface area contributed by atoms with Gasteiger partial charge in [0.2, 0.25) is 0 Å². The summed E-state index contributed by atoms with van der Waals surface area (Å²) in [6.45, 7) is 5.61. The zero-order valence-electron chi connectivity index (χ0n) is 20.0. The van der Waals surface area contributed by atoms with Gasteiger partial charge in [-0.25, -0.2) is 4.68 Å². The number of carbonyl (C=O) groups excluding carboxylic acids is 3. The molecule has 1 unspecified atom stereocenters. The molecule has 1 aliphatic rings. The second-order valence-electron chi connectivity index (χ2n) is 8.59. The second kappa shape index (κ2) is 9.63.